The van der Waals surface area contributed by atoms with Gasteiger partial charge in [0.2, 0.25) is 0 Å². The van der Waals surface area contributed by atoms with Crippen LogP contribution in [0.5, 0.6) is 0 Å². The van der Waals surface area contributed by atoms with Crippen LogP contribution in [0.2, 0.25) is 5.15 Å². The zero-order valence-electron chi connectivity index (χ0n) is 7.09. The second kappa shape index (κ2) is 3.00. The highest BCUT2D eigenvalue weighted by atomic mass is 35.5. The number of halogens is 2. The van der Waals surface area contributed by atoms with E-state index in [1.54, 1.807) is 10.7 Å². The molecule has 2 nitrogen and oxygen atoms in total. The van der Waals surface area contributed by atoms with E-state index in [-0.39, 0.29) is 5.82 Å². The minimum absolute atomic E-state index is 0.265. The first-order valence-corrected chi connectivity index (χ1v) is 4.41. The Bertz CT molecular complexity index is 450. The Morgan fingerprint density at radius 3 is 3.00 bits per heavy atom. The molecule has 68 valence electrons. The molecule has 4 heteroatoms. The summed E-state index contributed by atoms with van der Waals surface area (Å²) < 4.78 is 14.6. The number of aromatic nitrogens is 2. The largest absolute Gasteiger partial charge is 0.264 e. The van der Waals surface area contributed by atoms with Crippen LogP contribution in [0, 0.1) is 5.82 Å². The lowest BCUT2D eigenvalue weighted by Crippen LogP contribution is -1.95. The summed E-state index contributed by atoms with van der Waals surface area (Å²) in [5, 5.41) is 5.29. The van der Waals surface area contributed by atoms with Crippen molar-refractivity contribution >= 4 is 22.5 Å². The standard InChI is InChI=1S/C9H8ClFN2/c1-2-13-8-5-6(11)3-4-7(8)9(10)12-13/h3-5H,2H2,1H3. The van der Waals surface area contributed by atoms with Gasteiger partial charge >= 0.3 is 0 Å². The fourth-order valence-corrected chi connectivity index (χ4v) is 1.60. The number of benzene rings is 1. The third-order valence-corrected chi connectivity index (χ3v) is 2.25. The average molecular weight is 199 g/mol. The summed E-state index contributed by atoms with van der Waals surface area (Å²) >= 11 is 5.85. The Morgan fingerprint density at radius 1 is 1.54 bits per heavy atom. The maximum atomic E-state index is 12.9. The summed E-state index contributed by atoms with van der Waals surface area (Å²) in [6.45, 7) is 2.63. The molecule has 0 N–H and O–H groups in total. The van der Waals surface area contributed by atoms with Crippen molar-refractivity contribution in [2.75, 3.05) is 0 Å². The minimum atomic E-state index is -0.265. The molecule has 0 fully saturated rings. The molecule has 13 heavy (non-hydrogen) atoms. The quantitative estimate of drug-likeness (QED) is 0.689. The van der Waals surface area contributed by atoms with Crippen molar-refractivity contribution in [2.45, 2.75) is 13.5 Å². The van der Waals surface area contributed by atoms with Crippen LogP contribution in [0.4, 0.5) is 4.39 Å². The number of rotatable bonds is 1. The SMILES string of the molecule is CCn1nc(Cl)c2ccc(F)cc21. The lowest BCUT2D eigenvalue weighted by molar-refractivity contribution is 0.625. The summed E-state index contributed by atoms with van der Waals surface area (Å²) in [5.74, 6) is -0.265. The van der Waals surface area contributed by atoms with E-state index in [4.69, 9.17) is 11.6 Å². The van der Waals surface area contributed by atoms with Crippen molar-refractivity contribution < 1.29 is 4.39 Å². The molecule has 2 rings (SSSR count). The molecule has 0 atom stereocenters. The highest BCUT2D eigenvalue weighted by Crippen LogP contribution is 2.23. The number of aryl methyl sites for hydroxylation is 1. The normalized spacial score (nSPS) is 11.0. The molecule has 0 saturated carbocycles. The van der Waals surface area contributed by atoms with E-state index < -0.39 is 0 Å². The van der Waals surface area contributed by atoms with Crippen LogP contribution in [0.3, 0.4) is 0 Å². The summed E-state index contributed by atoms with van der Waals surface area (Å²) in [4.78, 5) is 0. The lowest BCUT2D eigenvalue weighted by atomic mass is 10.2. The topological polar surface area (TPSA) is 17.8 Å². The molecule has 0 amide bonds. The Hall–Kier alpha value is -1.09. The predicted molar refractivity (Wildman–Crippen MR) is 50.4 cm³/mol. The molecule has 0 aliphatic heterocycles. The van der Waals surface area contributed by atoms with E-state index >= 15 is 0 Å². The Balaban J connectivity index is 2.81. The first-order valence-electron chi connectivity index (χ1n) is 4.04. The number of hydrogen-bond acceptors (Lipinski definition) is 1. The van der Waals surface area contributed by atoms with Crippen LogP contribution in [-0.4, -0.2) is 9.78 Å². The molecule has 0 aliphatic carbocycles. The van der Waals surface area contributed by atoms with Crippen LogP contribution in [0.15, 0.2) is 18.2 Å². The van der Waals surface area contributed by atoms with Gasteiger partial charge in [0.25, 0.3) is 0 Å². The molecular weight excluding hydrogens is 191 g/mol. The van der Waals surface area contributed by atoms with Gasteiger partial charge in [0.15, 0.2) is 5.15 Å². The number of hydrogen-bond donors (Lipinski definition) is 0. The van der Waals surface area contributed by atoms with Gasteiger partial charge in [0.1, 0.15) is 5.82 Å². The van der Waals surface area contributed by atoms with E-state index in [1.165, 1.54) is 12.1 Å². The Morgan fingerprint density at radius 2 is 2.31 bits per heavy atom. The van der Waals surface area contributed by atoms with Gasteiger partial charge in [-0.25, -0.2) is 4.39 Å². The van der Waals surface area contributed by atoms with Crippen molar-refractivity contribution in [3.05, 3.63) is 29.2 Å². The number of fused-ring (bicyclic) bond motifs is 1. The molecule has 0 saturated heterocycles. The summed E-state index contributed by atoms with van der Waals surface area (Å²) in [6.07, 6.45) is 0. The smallest absolute Gasteiger partial charge is 0.158 e. The van der Waals surface area contributed by atoms with Crippen LogP contribution < -0.4 is 0 Å². The van der Waals surface area contributed by atoms with Crippen molar-refractivity contribution in [1.82, 2.24) is 9.78 Å². The van der Waals surface area contributed by atoms with Crippen molar-refractivity contribution in [2.24, 2.45) is 0 Å². The molecule has 0 bridgehead atoms. The molecule has 0 radical (unpaired) electrons. The predicted octanol–water partition coefficient (Wildman–Crippen LogP) is 2.85. The Kier molecular flexibility index (Phi) is 1.96. The lowest BCUT2D eigenvalue weighted by Gasteiger charge is -1.96. The van der Waals surface area contributed by atoms with Crippen molar-refractivity contribution in [3.63, 3.8) is 0 Å². The number of nitrogens with zero attached hydrogens (tertiary/aromatic N) is 2. The van der Waals surface area contributed by atoms with Crippen molar-refractivity contribution in [1.29, 1.82) is 0 Å². The second-order valence-electron chi connectivity index (χ2n) is 2.77. The molecular formula is C9H8ClFN2. The summed E-state index contributed by atoms with van der Waals surface area (Å²) in [6, 6.07) is 4.47. The maximum absolute atomic E-state index is 12.9. The highest BCUT2D eigenvalue weighted by molar-refractivity contribution is 6.34. The van der Waals surface area contributed by atoms with Gasteiger partial charge < -0.3 is 0 Å². The van der Waals surface area contributed by atoms with E-state index in [0.717, 1.165) is 10.9 Å². The first kappa shape index (κ1) is 8.51. The van der Waals surface area contributed by atoms with Gasteiger partial charge in [-0.3, -0.25) is 4.68 Å². The monoisotopic (exact) mass is 198 g/mol. The fraction of sp³-hybridized carbons (Fsp3) is 0.222. The van der Waals surface area contributed by atoms with Crippen LogP contribution >= 0.6 is 11.6 Å². The first-order chi connectivity index (χ1) is 6.22. The van der Waals surface area contributed by atoms with Crippen LogP contribution in [-0.2, 0) is 6.54 Å². The zero-order valence-corrected chi connectivity index (χ0v) is 7.85. The molecule has 0 spiro atoms. The van der Waals surface area contributed by atoms with Crippen LogP contribution in [0.1, 0.15) is 6.92 Å². The zero-order chi connectivity index (χ0) is 9.42. The highest BCUT2D eigenvalue weighted by Gasteiger charge is 2.07. The van der Waals surface area contributed by atoms with Crippen LogP contribution in [0.25, 0.3) is 10.9 Å². The van der Waals surface area contributed by atoms with Crippen molar-refractivity contribution in [3.8, 4) is 0 Å². The summed E-state index contributed by atoms with van der Waals surface area (Å²) in [7, 11) is 0. The molecule has 0 unspecified atom stereocenters. The minimum Gasteiger partial charge on any atom is -0.264 e. The third kappa shape index (κ3) is 1.29. The Labute approximate surface area is 79.9 Å². The average Bonchev–Trinajstić information content (AvgIpc) is 2.42. The molecule has 2 aromatic rings. The van der Waals surface area contributed by atoms with E-state index in [9.17, 15) is 4.39 Å². The van der Waals surface area contributed by atoms with Gasteiger partial charge in [0.05, 0.1) is 5.52 Å². The van der Waals surface area contributed by atoms with Gasteiger partial charge in [-0.05, 0) is 25.1 Å². The van der Waals surface area contributed by atoms with E-state index in [1.807, 2.05) is 6.92 Å². The maximum Gasteiger partial charge on any atom is 0.158 e. The second-order valence-corrected chi connectivity index (χ2v) is 3.13. The van der Waals surface area contributed by atoms with E-state index in [0.29, 0.717) is 11.7 Å². The van der Waals surface area contributed by atoms with Gasteiger partial charge in [-0.15, -0.1) is 0 Å². The molecule has 1 heterocycles. The third-order valence-electron chi connectivity index (χ3n) is 1.97. The molecule has 1 aromatic carbocycles. The molecule has 0 aliphatic rings. The summed E-state index contributed by atoms with van der Waals surface area (Å²) in [5.41, 5.74) is 0.743. The molecule has 1 aromatic heterocycles. The van der Waals surface area contributed by atoms with Gasteiger partial charge in [-0.1, -0.05) is 11.6 Å². The van der Waals surface area contributed by atoms with Gasteiger partial charge in [0, 0.05) is 11.9 Å². The van der Waals surface area contributed by atoms with Gasteiger partial charge in [-0.2, -0.15) is 5.10 Å². The van der Waals surface area contributed by atoms with E-state index in [2.05, 4.69) is 5.10 Å². The fourth-order valence-electron chi connectivity index (χ4n) is 1.35.